The molecule has 0 saturated carbocycles. The average Bonchev–Trinajstić information content (AvgIpc) is 2.53. The number of para-hydroxylation sites is 1. The molecule has 1 saturated heterocycles. The maximum Gasteiger partial charge on any atom is 0.303 e. The number of anilines is 1. The Labute approximate surface area is 148 Å². The van der Waals surface area contributed by atoms with E-state index in [0.29, 0.717) is 11.3 Å². The van der Waals surface area contributed by atoms with Crippen LogP contribution in [0.15, 0.2) is 24.3 Å². The van der Waals surface area contributed by atoms with Crippen LogP contribution in [0.1, 0.15) is 56.3 Å². The number of amides is 2. The van der Waals surface area contributed by atoms with E-state index in [1.54, 1.807) is 38.1 Å². The van der Waals surface area contributed by atoms with Crippen molar-refractivity contribution in [3.05, 3.63) is 29.8 Å². The summed E-state index contributed by atoms with van der Waals surface area (Å²) in [6, 6.07) is 6.97. The van der Waals surface area contributed by atoms with E-state index in [2.05, 4.69) is 5.32 Å². The second-order valence-electron chi connectivity index (χ2n) is 7.36. The Morgan fingerprint density at radius 3 is 2.36 bits per heavy atom. The Morgan fingerprint density at radius 2 is 1.72 bits per heavy atom. The van der Waals surface area contributed by atoms with Gasteiger partial charge in [-0.1, -0.05) is 26.0 Å². The normalized spacial score (nSPS) is 14.9. The van der Waals surface area contributed by atoms with E-state index in [9.17, 15) is 14.4 Å². The van der Waals surface area contributed by atoms with Crippen LogP contribution in [0.5, 0.6) is 0 Å². The van der Waals surface area contributed by atoms with Gasteiger partial charge in [-0.15, -0.1) is 0 Å². The van der Waals surface area contributed by atoms with Crippen molar-refractivity contribution in [2.75, 3.05) is 18.4 Å². The fourth-order valence-electron chi connectivity index (χ4n) is 3.15. The van der Waals surface area contributed by atoms with E-state index in [4.69, 9.17) is 5.11 Å². The summed E-state index contributed by atoms with van der Waals surface area (Å²) < 4.78 is 0. The molecule has 25 heavy (non-hydrogen) atoms. The van der Waals surface area contributed by atoms with E-state index in [1.807, 2.05) is 4.90 Å². The minimum absolute atomic E-state index is 0.0691. The molecule has 0 atom stereocenters. The molecule has 0 spiro atoms. The van der Waals surface area contributed by atoms with Gasteiger partial charge in [0, 0.05) is 19.5 Å². The lowest BCUT2D eigenvalue weighted by Gasteiger charge is -2.27. The van der Waals surface area contributed by atoms with Gasteiger partial charge in [-0.05, 0) is 36.8 Å². The third kappa shape index (κ3) is 5.59. The number of rotatable bonds is 6. The molecule has 136 valence electrons. The summed E-state index contributed by atoms with van der Waals surface area (Å²) in [6.45, 7) is 4.97. The molecule has 0 unspecified atom stereocenters. The summed E-state index contributed by atoms with van der Waals surface area (Å²) in [5, 5.41) is 11.7. The Kier molecular flexibility index (Phi) is 6.17. The van der Waals surface area contributed by atoms with Gasteiger partial charge < -0.3 is 15.3 Å². The van der Waals surface area contributed by atoms with Crippen molar-refractivity contribution in [2.45, 2.75) is 46.0 Å². The molecule has 1 aromatic carbocycles. The quantitative estimate of drug-likeness (QED) is 0.828. The molecule has 2 N–H and O–H groups in total. The monoisotopic (exact) mass is 346 g/mol. The standard InChI is InChI=1S/C19H26N2O4/c1-19(2,13-17(23)24)12-16(22)20-15-9-5-4-8-14(15)18(25)21-10-6-3-7-11-21/h4-5,8-9H,3,6-7,10-13H2,1-2H3,(H,20,22)(H,23,24). The topological polar surface area (TPSA) is 86.7 Å². The van der Waals surface area contributed by atoms with Crippen molar-refractivity contribution >= 4 is 23.5 Å². The number of hydrogen-bond donors (Lipinski definition) is 2. The number of hydrogen-bond acceptors (Lipinski definition) is 3. The van der Waals surface area contributed by atoms with E-state index in [1.165, 1.54) is 0 Å². The van der Waals surface area contributed by atoms with Crippen molar-refractivity contribution in [3.8, 4) is 0 Å². The van der Waals surface area contributed by atoms with Crippen LogP contribution in [0.4, 0.5) is 5.69 Å². The van der Waals surface area contributed by atoms with E-state index < -0.39 is 11.4 Å². The lowest BCUT2D eigenvalue weighted by Crippen LogP contribution is -2.36. The highest BCUT2D eigenvalue weighted by molar-refractivity contribution is 6.03. The molecule has 1 heterocycles. The summed E-state index contributed by atoms with van der Waals surface area (Å²) in [7, 11) is 0. The van der Waals surface area contributed by atoms with Crippen LogP contribution in [0.3, 0.4) is 0 Å². The van der Waals surface area contributed by atoms with Crippen LogP contribution in [0, 0.1) is 5.41 Å². The van der Waals surface area contributed by atoms with Crippen LogP contribution in [0.2, 0.25) is 0 Å². The number of nitrogens with zero attached hydrogens (tertiary/aromatic N) is 1. The third-order valence-corrected chi connectivity index (χ3v) is 4.34. The van der Waals surface area contributed by atoms with Gasteiger partial charge in [0.25, 0.3) is 5.91 Å². The van der Waals surface area contributed by atoms with Crippen molar-refractivity contribution in [1.29, 1.82) is 0 Å². The van der Waals surface area contributed by atoms with Crippen molar-refractivity contribution < 1.29 is 19.5 Å². The van der Waals surface area contributed by atoms with Gasteiger partial charge in [0.1, 0.15) is 0 Å². The molecule has 1 aliphatic heterocycles. The zero-order valence-corrected chi connectivity index (χ0v) is 14.9. The molecular weight excluding hydrogens is 320 g/mol. The first-order chi connectivity index (χ1) is 11.8. The van der Waals surface area contributed by atoms with E-state index in [-0.39, 0.29) is 24.7 Å². The number of carboxylic acids is 1. The lowest BCUT2D eigenvalue weighted by atomic mass is 9.85. The molecule has 0 bridgehead atoms. The van der Waals surface area contributed by atoms with Gasteiger partial charge in [-0.25, -0.2) is 0 Å². The van der Waals surface area contributed by atoms with Crippen LogP contribution >= 0.6 is 0 Å². The molecule has 1 aliphatic rings. The van der Waals surface area contributed by atoms with Crippen LogP contribution < -0.4 is 5.32 Å². The highest BCUT2D eigenvalue weighted by Gasteiger charge is 2.26. The van der Waals surface area contributed by atoms with Gasteiger partial charge in [-0.3, -0.25) is 14.4 Å². The molecule has 2 amide bonds. The maximum atomic E-state index is 12.7. The van der Waals surface area contributed by atoms with E-state index in [0.717, 1.165) is 32.4 Å². The summed E-state index contributed by atoms with van der Waals surface area (Å²) >= 11 is 0. The largest absolute Gasteiger partial charge is 0.481 e. The number of piperidine rings is 1. The number of likely N-dealkylation sites (tertiary alicyclic amines) is 1. The summed E-state index contributed by atoms with van der Waals surface area (Å²) in [6.07, 6.45) is 3.13. The number of carbonyl (C=O) groups excluding carboxylic acids is 2. The van der Waals surface area contributed by atoms with Crippen molar-refractivity contribution in [3.63, 3.8) is 0 Å². The number of carboxylic acid groups (broad SMARTS) is 1. The molecule has 0 aromatic heterocycles. The molecule has 6 heteroatoms. The first kappa shape index (κ1) is 19.0. The molecule has 6 nitrogen and oxygen atoms in total. The Morgan fingerprint density at radius 1 is 1.08 bits per heavy atom. The number of aliphatic carboxylic acids is 1. The predicted molar refractivity (Wildman–Crippen MR) is 95.5 cm³/mol. The Hall–Kier alpha value is -2.37. The predicted octanol–water partition coefficient (Wildman–Crippen LogP) is 3.14. The fourth-order valence-corrected chi connectivity index (χ4v) is 3.15. The second kappa shape index (κ2) is 8.14. The van der Waals surface area contributed by atoms with Gasteiger partial charge in [0.2, 0.25) is 5.91 Å². The number of carbonyl (C=O) groups is 3. The van der Waals surface area contributed by atoms with Crippen molar-refractivity contribution in [2.24, 2.45) is 5.41 Å². The zero-order chi connectivity index (χ0) is 18.4. The van der Waals surface area contributed by atoms with Gasteiger partial charge in [-0.2, -0.15) is 0 Å². The first-order valence-corrected chi connectivity index (χ1v) is 8.68. The molecule has 0 radical (unpaired) electrons. The third-order valence-electron chi connectivity index (χ3n) is 4.34. The molecule has 2 rings (SSSR count). The van der Waals surface area contributed by atoms with Crippen molar-refractivity contribution in [1.82, 2.24) is 4.90 Å². The zero-order valence-electron chi connectivity index (χ0n) is 14.9. The fraction of sp³-hybridized carbons (Fsp3) is 0.526. The first-order valence-electron chi connectivity index (χ1n) is 8.68. The molecule has 0 aliphatic carbocycles. The van der Waals surface area contributed by atoms with Crippen LogP contribution in [0.25, 0.3) is 0 Å². The van der Waals surface area contributed by atoms with Gasteiger partial charge in [0.05, 0.1) is 17.7 Å². The minimum Gasteiger partial charge on any atom is -0.481 e. The Balaban J connectivity index is 2.08. The maximum absolute atomic E-state index is 12.7. The van der Waals surface area contributed by atoms with Gasteiger partial charge >= 0.3 is 5.97 Å². The average molecular weight is 346 g/mol. The minimum atomic E-state index is -0.932. The van der Waals surface area contributed by atoms with E-state index >= 15 is 0 Å². The SMILES string of the molecule is CC(C)(CC(=O)O)CC(=O)Nc1ccccc1C(=O)N1CCCCC1. The number of nitrogens with one attached hydrogen (secondary N) is 1. The van der Waals surface area contributed by atoms with Gasteiger partial charge in [0.15, 0.2) is 0 Å². The lowest BCUT2D eigenvalue weighted by molar-refractivity contribution is -0.139. The summed E-state index contributed by atoms with van der Waals surface area (Å²) in [4.78, 5) is 37.8. The van der Waals surface area contributed by atoms with Crippen LogP contribution in [-0.4, -0.2) is 40.9 Å². The molecule has 1 fully saturated rings. The Bertz CT molecular complexity index is 649. The molecule has 1 aromatic rings. The highest BCUT2D eigenvalue weighted by Crippen LogP contribution is 2.26. The molecular formula is C19H26N2O4. The smallest absolute Gasteiger partial charge is 0.303 e. The summed E-state index contributed by atoms with van der Waals surface area (Å²) in [5.41, 5.74) is 0.310. The highest BCUT2D eigenvalue weighted by atomic mass is 16.4. The second-order valence-corrected chi connectivity index (χ2v) is 7.36. The van der Waals surface area contributed by atoms with Crippen LogP contribution in [-0.2, 0) is 9.59 Å². The summed E-state index contributed by atoms with van der Waals surface area (Å²) in [5.74, 6) is -1.29. The number of benzene rings is 1.